The van der Waals surface area contributed by atoms with Gasteiger partial charge in [-0.3, -0.25) is 5.10 Å². The maximum Gasteiger partial charge on any atom is 0.167 e. The summed E-state index contributed by atoms with van der Waals surface area (Å²) in [6, 6.07) is 4.98. The number of rotatable bonds is 4. The van der Waals surface area contributed by atoms with E-state index in [1.165, 1.54) is 12.4 Å². The molecule has 0 spiro atoms. The number of fused-ring (bicyclic) bond motifs is 1. The van der Waals surface area contributed by atoms with Crippen LogP contribution in [0, 0.1) is 5.82 Å². The van der Waals surface area contributed by atoms with Gasteiger partial charge in [-0.05, 0) is 25.8 Å². The summed E-state index contributed by atoms with van der Waals surface area (Å²) < 4.78 is 31.9. The predicted octanol–water partition coefficient (Wildman–Crippen LogP) is 2.66. The number of aromatic nitrogens is 4. The smallest absolute Gasteiger partial charge is 0.167 e. The zero-order chi connectivity index (χ0) is 19.3. The standard InChI is InChI=1S/C19H20FN5O2S/c1-19(2-3-19)27-16-8-12-14(9-13(16)20)23-24-18(12)15-10-17(22-11-21-15)25-4-6-28(26)7-5-25/h8-11H,2-7H2,1H3,(H,23,24). The number of nitrogens with zero attached hydrogens (tertiary/aromatic N) is 4. The Balaban J connectivity index is 1.50. The van der Waals surface area contributed by atoms with Gasteiger partial charge in [0.2, 0.25) is 0 Å². The van der Waals surface area contributed by atoms with Gasteiger partial charge in [0.25, 0.3) is 0 Å². The van der Waals surface area contributed by atoms with Gasteiger partial charge in [0, 0.05) is 17.5 Å². The predicted molar refractivity (Wildman–Crippen MR) is 105 cm³/mol. The molecular formula is C19H20FN5O2S. The number of hydrogen-bond acceptors (Lipinski definition) is 6. The molecule has 1 aliphatic carbocycles. The molecule has 146 valence electrons. The minimum atomic E-state index is -0.748. The lowest BCUT2D eigenvalue weighted by Crippen LogP contribution is -2.40. The van der Waals surface area contributed by atoms with Crippen LogP contribution in [-0.4, -0.2) is 54.9 Å². The lowest BCUT2D eigenvalue weighted by Gasteiger charge is -2.28. The van der Waals surface area contributed by atoms with E-state index < -0.39 is 17.0 Å². The molecule has 0 atom stereocenters. The van der Waals surface area contributed by atoms with Crippen molar-refractivity contribution in [1.29, 1.82) is 0 Å². The number of ether oxygens (including phenoxy) is 1. The number of aromatic amines is 1. The molecule has 1 saturated heterocycles. The van der Waals surface area contributed by atoms with Crippen molar-refractivity contribution in [2.45, 2.75) is 25.4 Å². The number of hydrogen-bond donors (Lipinski definition) is 1. The number of H-pyrrole nitrogens is 1. The minimum absolute atomic E-state index is 0.239. The van der Waals surface area contributed by atoms with Crippen LogP contribution in [0.25, 0.3) is 22.3 Å². The molecule has 3 heterocycles. The third-order valence-corrected chi connectivity index (χ3v) is 6.60. The Hall–Kier alpha value is -2.39. The van der Waals surface area contributed by atoms with Gasteiger partial charge >= 0.3 is 0 Å². The quantitative estimate of drug-likeness (QED) is 0.676. The number of halogens is 1. The van der Waals surface area contributed by atoms with Crippen molar-refractivity contribution in [3.63, 3.8) is 0 Å². The molecule has 1 N–H and O–H groups in total. The van der Waals surface area contributed by atoms with E-state index in [-0.39, 0.29) is 11.4 Å². The number of benzene rings is 1. The molecule has 2 fully saturated rings. The highest BCUT2D eigenvalue weighted by Gasteiger charge is 2.40. The minimum Gasteiger partial charge on any atom is -0.616 e. The topological polar surface area (TPSA) is 90.0 Å². The molecular weight excluding hydrogens is 381 g/mol. The van der Waals surface area contributed by atoms with Crippen molar-refractivity contribution < 1.29 is 13.7 Å². The first kappa shape index (κ1) is 17.7. The molecule has 0 unspecified atom stereocenters. The molecule has 1 saturated carbocycles. The molecule has 3 aromatic rings. The van der Waals surface area contributed by atoms with Gasteiger partial charge in [-0.2, -0.15) is 5.10 Å². The Morgan fingerprint density at radius 1 is 1.21 bits per heavy atom. The Bertz CT molecular complexity index is 1030. The van der Waals surface area contributed by atoms with Crippen LogP contribution < -0.4 is 9.64 Å². The van der Waals surface area contributed by atoms with Gasteiger partial charge in [0.15, 0.2) is 11.6 Å². The summed E-state index contributed by atoms with van der Waals surface area (Å²) in [5, 5.41) is 7.99. The zero-order valence-electron chi connectivity index (χ0n) is 15.4. The maximum absolute atomic E-state index is 14.4. The molecule has 0 amide bonds. The van der Waals surface area contributed by atoms with Crippen molar-refractivity contribution >= 4 is 27.9 Å². The third kappa shape index (κ3) is 3.29. The van der Waals surface area contributed by atoms with E-state index in [9.17, 15) is 8.94 Å². The van der Waals surface area contributed by atoms with Crippen LogP contribution in [0.4, 0.5) is 10.2 Å². The van der Waals surface area contributed by atoms with E-state index in [4.69, 9.17) is 4.74 Å². The van der Waals surface area contributed by atoms with Crippen LogP contribution in [0.3, 0.4) is 0 Å². The summed E-state index contributed by atoms with van der Waals surface area (Å²) in [7, 11) is 0. The molecule has 1 aliphatic heterocycles. The van der Waals surface area contributed by atoms with Gasteiger partial charge in [0.05, 0.1) is 24.3 Å². The maximum atomic E-state index is 14.4. The van der Waals surface area contributed by atoms with Crippen LogP contribution in [-0.2, 0) is 11.2 Å². The van der Waals surface area contributed by atoms with Gasteiger partial charge in [-0.15, -0.1) is 0 Å². The molecule has 5 rings (SSSR count). The number of anilines is 1. The van der Waals surface area contributed by atoms with Gasteiger partial charge in [-0.1, -0.05) is 11.2 Å². The lowest BCUT2D eigenvalue weighted by atomic mass is 10.1. The average Bonchev–Trinajstić information content (AvgIpc) is 3.28. The summed E-state index contributed by atoms with van der Waals surface area (Å²) in [5.41, 5.74) is 1.60. The SMILES string of the molecule is CC1(Oc2cc3c(-c4cc(N5CC[S+]([O-])CC5)ncn4)n[nH]c3cc2F)CC1. The van der Waals surface area contributed by atoms with E-state index in [0.717, 1.165) is 24.0 Å². The summed E-state index contributed by atoms with van der Waals surface area (Å²) in [5.74, 6) is 1.90. The number of nitrogens with one attached hydrogen (secondary N) is 1. The summed E-state index contributed by atoms with van der Waals surface area (Å²) >= 11 is -0.748. The first-order chi connectivity index (χ1) is 13.5. The molecule has 2 aromatic heterocycles. The van der Waals surface area contributed by atoms with Crippen molar-refractivity contribution in [3.05, 3.63) is 30.3 Å². The van der Waals surface area contributed by atoms with Crippen LogP contribution >= 0.6 is 0 Å². The highest BCUT2D eigenvalue weighted by atomic mass is 32.2. The van der Waals surface area contributed by atoms with E-state index >= 15 is 0 Å². The van der Waals surface area contributed by atoms with E-state index in [0.29, 0.717) is 41.5 Å². The Morgan fingerprint density at radius 3 is 2.75 bits per heavy atom. The fourth-order valence-corrected chi connectivity index (χ4v) is 4.40. The van der Waals surface area contributed by atoms with E-state index in [1.807, 2.05) is 13.0 Å². The first-order valence-corrected chi connectivity index (χ1v) is 10.8. The van der Waals surface area contributed by atoms with Gasteiger partial charge in [0.1, 0.15) is 34.9 Å². The Morgan fingerprint density at radius 2 is 2.00 bits per heavy atom. The molecule has 7 nitrogen and oxygen atoms in total. The largest absolute Gasteiger partial charge is 0.616 e. The molecule has 1 aromatic carbocycles. The summed E-state index contributed by atoms with van der Waals surface area (Å²) in [6.45, 7) is 3.38. The Labute approximate surface area is 164 Å². The normalized spacial score (nSPS) is 19.2. The molecule has 0 bridgehead atoms. The van der Waals surface area contributed by atoms with Crippen LogP contribution in [0.15, 0.2) is 24.5 Å². The summed E-state index contributed by atoms with van der Waals surface area (Å²) in [6.07, 6.45) is 3.36. The second-order valence-corrected chi connectivity index (χ2v) is 9.25. The first-order valence-electron chi connectivity index (χ1n) is 9.30. The highest BCUT2D eigenvalue weighted by molar-refractivity contribution is 7.91. The fourth-order valence-electron chi connectivity index (χ4n) is 3.35. The van der Waals surface area contributed by atoms with E-state index in [2.05, 4.69) is 25.1 Å². The van der Waals surface area contributed by atoms with E-state index in [1.54, 1.807) is 6.07 Å². The molecule has 9 heteroatoms. The molecule has 28 heavy (non-hydrogen) atoms. The van der Waals surface area contributed by atoms with Crippen LogP contribution in [0.1, 0.15) is 19.8 Å². The van der Waals surface area contributed by atoms with Gasteiger partial charge in [-0.25, -0.2) is 14.4 Å². The molecule has 0 radical (unpaired) electrons. The Kier molecular flexibility index (Phi) is 4.17. The average molecular weight is 401 g/mol. The highest BCUT2D eigenvalue weighted by Crippen LogP contribution is 2.41. The zero-order valence-corrected chi connectivity index (χ0v) is 16.3. The monoisotopic (exact) mass is 401 g/mol. The molecule has 2 aliphatic rings. The third-order valence-electron chi connectivity index (χ3n) is 5.32. The van der Waals surface area contributed by atoms with Crippen molar-refractivity contribution in [2.24, 2.45) is 0 Å². The fraction of sp³-hybridized carbons (Fsp3) is 0.421. The van der Waals surface area contributed by atoms with Crippen LogP contribution in [0.2, 0.25) is 0 Å². The van der Waals surface area contributed by atoms with Crippen molar-refractivity contribution in [3.8, 4) is 17.1 Å². The second kappa shape index (κ2) is 6.59. The van der Waals surface area contributed by atoms with Crippen molar-refractivity contribution in [1.82, 2.24) is 20.2 Å². The summed E-state index contributed by atoms with van der Waals surface area (Å²) in [4.78, 5) is 10.8. The van der Waals surface area contributed by atoms with Crippen LogP contribution in [0.5, 0.6) is 5.75 Å². The van der Waals surface area contributed by atoms with Crippen molar-refractivity contribution in [2.75, 3.05) is 29.5 Å². The van der Waals surface area contributed by atoms with Gasteiger partial charge < -0.3 is 14.2 Å². The second-order valence-electron chi connectivity index (χ2n) is 7.55. The lowest BCUT2D eigenvalue weighted by molar-refractivity contribution is 0.191.